The number of rotatable bonds is 5. The van der Waals surface area contributed by atoms with Crippen LogP contribution in [-0.2, 0) is 17.8 Å². The minimum Gasteiger partial charge on any atom is -0.322 e. The van der Waals surface area contributed by atoms with Gasteiger partial charge in [0.25, 0.3) is 11.8 Å². The van der Waals surface area contributed by atoms with E-state index in [4.69, 9.17) is 0 Å². The molecule has 2 aromatic carbocycles. The molecule has 5 nitrogen and oxygen atoms in total. The summed E-state index contributed by atoms with van der Waals surface area (Å²) < 4.78 is 0. The molecule has 0 aliphatic carbocycles. The van der Waals surface area contributed by atoms with Crippen LogP contribution in [0.2, 0.25) is 0 Å². The van der Waals surface area contributed by atoms with E-state index in [1.165, 1.54) is 11.3 Å². The van der Waals surface area contributed by atoms with Gasteiger partial charge in [0.2, 0.25) is 0 Å². The number of anilines is 1. The lowest BCUT2D eigenvalue weighted by Crippen LogP contribution is -2.49. The quantitative estimate of drug-likeness (QED) is 0.685. The van der Waals surface area contributed by atoms with Gasteiger partial charge in [0, 0.05) is 37.2 Å². The number of hydrogen-bond acceptors (Lipinski definition) is 4. The Labute approximate surface area is 161 Å². The highest BCUT2D eigenvalue weighted by Crippen LogP contribution is 2.27. The minimum absolute atomic E-state index is 0.0904. The fourth-order valence-corrected chi connectivity index (χ4v) is 4.01. The molecule has 0 saturated heterocycles. The average molecular weight is 377 g/mol. The molecule has 1 aliphatic rings. The molecule has 0 fully saturated rings. The number of hydrogen-bond donors (Lipinski definition) is 0. The van der Waals surface area contributed by atoms with E-state index in [-0.39, 0.29) is 11.8 Å². The molecule has 1 aromatic heterocycles. The van der Waals surface area contributed by atoms with Gasteiger partial charge in [0.1, 0.15) is 6.04 Å². The van der Waals surface area contributed by atoms with E-state index in [0.29, 0.717) is 23.7 Å². The molecule has 1 atom stereocenters. The van der Waals surface area contributed by atoms with Gasteiger partial charge in [0.05, 0.1) is 0 Å². The van der Waals surface area contributed by atoms with Crippen molar-refractivity contribution >= 4 is 28.3 Å². The molecular formula is C21H19N3O2S. The van der Waals surface area contributed by atoms with E-state index in [0.717, 1.165) is 11.1 Å². The predicted molar refractivity (Wildman–Crippen MR) is 106 cm³/mol. The molecule has 3 aromatic rings. The summed E-state index contributed by atoms with van der Waals surface area (Å²) in [5, 5.41) is 2.46. The highest BCUT2D eigenvalue weighted by molar-refractivity contribution is 7.13. The fraction of sp³-hybridized carbons (Fsp3) is 0.190. The van der Waals surface area contributed by atoms with Crippen LogP contribution in [0, 0.1) is 0 Å². The highest BCUT2D eigenvalue weighted by atomic mass is 32.1. The zero-order valence-corrected chi connectivity index (χ0v) is 15.7. The van der Waals surface area contributed by atoms with Crippen LogP contribution in [0.4, 0.5) is 5.13 Å². The first-order valence-corrected chi connectivity index (χ1v) is 9.63. The molecule has 2 heterocycles. The smallest absolute Gasteiger partial charge is 0.255 e. The largest absolute Gasteiger partial charge is 0.322 e. The molecule has 1 aliphatic heterocycles. The van der Waals surface area contributed by atoms with Gasteiger partial charge < -0.3 is 4.90 Å². The molecule has 2 amide bonds. The van der Waals surface area contributed by atoms with Crippen LogP contribution < -0.4 is 4.90 Å². The number of carbonyl (C=O) groups is 2. The first-order valence-electron chi connectivity index (χ1n) is 8.75. The standard InChI is InChI=1S/C21H19N3O2S/c1-23(21-22-11-12-27-21)20(26)18(13-15-7-3-2-4-8-15)24-14-16-9-5-6-10-17(16)19(24)25/h2-12,18H,13-14H2,1H3. The minimum atomic E-state index is -0.582. The number of likely N-dealkylation sites (N-methyl/N-ethyl adjacent to an activating group) is 1. The predicted octanol–water partition coefficient (Wildman–Crippen LogP) is 3.37. The van der Waals surface area contributed by atoms with Crippen molar-refractivity contribution in [3.05, 3.63) is 82.9 Å². The van der Waals surface area contributed by atoms with Crippen molar-refractivity contribution in [3.63, 3.8) is 0 Å². The van der Waals surface area contributed by atoms with Crippen LogP contribution in [0.1, 0.15) is 21.5 Å². The van der Waals surface area contributed by atoms with E-state index in [9.17, 15) is 9.59 Å². The Morgan fingerprint density at radius 3 is 2.63 bits per heavy atom. The second kappa shape index (κ2) is 7.32. The summed E-state index contributed by atoms with van der Waals surface area (Å²) in [6, 6.07) is 16.8. The molecule has 4 rings (SSSR count). The monoisotopic (exact) mass is 377 g/mol. The molecule has 0 radical (unpaired) electrons. The van der Waals surface area contributed by atoms with Crippen LogP contribution in [0.3, 0.4) is 0 Å². The molecule has 0 saturated carbocycles. The number of amides is 2. The first-order chi connectivity index (χ1) is 13.1. The van der Waals surface area contributed by atoms with Crippen LogP contribution in [0.5, 0.6) is 0 Å². The van der Waals surface area contributed by atoms with Crippen molar-refractivity contribution in [2.75, 3.05) is 11.9 Å². The molecule has 136 valence electrons. The molecule has 0 bridgehead atoms. The topological polar surface area (TPSA) is 53.5 Å². The maximum atomic E-state index is 13.3. The maximum absolute atomic E-state index is 13.3. The third-order valence-electron chi connectivity index (χ3n) is 4.82. The van der Waals surface area contributed by atoms with Gasteiger partial charge in [0.15, 0.2) is 5.13 Å². The molecular weight excluding hydrogens is 358 g/mol. The zero-order valence-electron chi connectivity index (χ0n) is 14.9. The SMILES string of the molecule is CN(C(=O)C(Cc1ccccc1)N1Cc2ccccc2C1=O)c1nccs1. The second-order valence-electron chi connectivity index (χ2n) is 6.51. The van der Waals surface area contributed by atoms with Gasteiger partial charge in [-0.25, -0.2) is 4.98 Å². The fourth-order valence-electron chi connectivity index (χ4n) is 3.40. The van der Waals surface area contributed by atoms with E-state index in [2.05, 4.69) is 4.98 Å². The van der Waals surface area contributed by atoms with Crippen LogP contribution in [-0.4, -0.2) is 34.8 Å². The normalized spacial score (nSPS) is 14.1. The lowest BCUT2D eigenvalue weighted by molar-refractivity contribution is -0.122. The van der Waals surface area contributed by atoms with Gasteiger partial charge in [-0.05, 0) is 17.2 Å². The molecule has 6 heteroatoms. The number of aromatic nitrogens is 1. The lowest BCUT2D eigenvalue weighted by Gasteiger charge is -2.30. The molecule has 1 unspecified atom stereocenters. The van der Waals surface area contributed by atoms with E-state index in [1.807, 2.05) is 60.0 Å². The van der Waals surface area contributed by atoms with Crippen molar-refractivity contribution in [1.29, 1.82) is 0 Å². The number of benzene rings is 2. The van der Waals surface area contributed by atoms with Crippen molar-refractivity contribution in [3.8, 4) is 0 Å². The van der Waals surface area contributed by atoms with Crippen LogP contribution in [0.25, 0.3) is 0 Å². The molecule has 0 spiro atoms. The van der Waals surface area contributed by atoms with Crippen molar-refractivity contribution in [2.45, 2.75) is 19.0 Å². The number of nitrogens with zero attached hydrogens (tertiary/aromatic N) is 3. The lowest BCUT2D eigenvalue weighted by atomic mass is 10.0. The Balaban J connectivity index is 1.66. The van der Waals surface area contributed by atoms with E-state index in [1.54, 1.807) is 23.0 Å². The number of fused-ring (bicyclic) bond motifs is 1. The maximum Gasteiger partial charge on any atom is 0.255 e. The molecule has 27 heavy (non-hydrogen) atoms. The number of carbonyl (C=O) groups excluding carboxylic acids is 2. The van der Waals surface area contributed by atoms with Crippen molar-refractivity contribution < 1.29 is 9.59 Å². The van der Waals surface area contributed by atoms with Gasteiger partial charge in [-0.2, -0.15) is 0 Å². The average Bonchev–Trinajstić information content (AvgIpc) is 3.35. The third-order valence-corrected chi connectivity index (χ3v) is 5.67. The second-order valence-corrected chi connectivity index (χ2v) is 7.38. The van der Waals surface area contributed by atoms with Gasteiger partial charge >= 0.3 is 0 Å². The summed E-state index contributed by atoms with van der Waals surface area (Å²) in [7, 11) is 1.72. The van der Waals surface area contributed by atoms with E-state index >= 15 is 0 Å². The first kappa shape index (κ1) is 17.4. The summed E-state index contributed by atoms with van der Waals surface area (Å²) in [6.07, 6.45) is 2.14. The summed E-state index contributed by atoms with van der Waals surface area (Å²) in [6.45, 7) is 0.448. The number of thiazole rings is 1. The van der Waals surface area contributed by atoms with Gasteiger partial charge in [-0.3, -0.25) is 14.5 Å². The Bertz CT molecular complexity index is 957. The highest BCUT2D eigenvalue weighted by Gasteiger charge is 2.38. The zero-order chi connectivity index (χ0) is 18.8. The van der Waals surface area contributed by atoms with Gasteiger partial charge in [-0.15, -0.1) is 11.3 Å². The van der Waals surface area contributed by atoms with Crippen LogP contribution in [0.15, 0.2) is 66.2 Å². The Morgan fingerprint density at radius 2 is 1.93 bits per heavy atom. The Kier molecular flexibility index (Phi) is 4.73. The Morgan fingerprint density at radius 1 is 1.19 bits per heavy atom. The third kappa shape index (κ3) is 3.36. The van der Waals surface area contributed by atoms with Crippen LogP contribution >= 0.6 is 11.3 Å². The molecule has 0 N–H and O–H groups in total. The van der Waals surface area contributed by atoms with Gasteiger partial charge in [-0.1, -0.05) is 48.5 Å². The summed E-state index contributed by atoms with van der Waals surface area (Å²) >= 11 is 1.40. The Hall–Kier alpha value is -2.99. The summed E-state index contributed by atoms with van der Waals surface area (Å²) in [5.74, 6) is -0.220. The summed E-state index contributed by atoms with van der Waals surface area (Å²) in [4.78, 5) is 33.8. The summed E-state index contributed by atoms with van der Waals surface area (Å²) in [5.41, 5.74) is 2.66. The van der Waals surface area contributed by atoms with Crippen molar-refractivity contribution in [1.82, 2.24) is 9.88 Å². The van der Waals surface area contributed by atoms with E-state index < -0.39 is 6.04 Å². The van der Waals surface area contributed by atoms with Crippen molar-refractivity contribution in [2.24, 2.45) is 0 Å².